The summed E-state index contributed by atoms with van der Waals surface area (Å²) in [7, 11) is 0. The van der Waals surface area contributed by atoms with Gasteiger partial charge in [0.05, 0.1) is 0 Å². The molecule has 0 fully saturated rings. The minimum atomic E-state index is -0.649. The Labute approximate surface area is 397 Å². The molecule has 0 saturated carbocycles. The van der Waals surface area contributed by atoms with Crippen LogP contribution in [0, 0.1) is 0 Å². The molecule has 0 amide bonds. The Morgan fingerprint density at radius 1 is 0.213 bits per heavy atom. The molecule has 61 heavy (non-hydrogen) atoms. The number of rotatable bonds is 52. The van der Waals surface area contributed by atoms with Gasteiger partial charge in [0.15, 0.2) is 0 Å². The first kappa shape index (κ1) is 64.8. The number of hydrogen-bond donors (Lipinski definition) is 2. The molecule has 0 spiro atoms. The number of aliphatic carboxylic acids is 2. The predicted molar refractivity (Wildman–Crippen MR) is 267 cm³/mol. The van der Waals surface area contributed by atoms with Gasteiger partial charge in [-0.25, -0.2) is 0 Å². The van der Waals surface area contributed by atoms with Gasteiger partial charge < -0.3 is 10.2 Å². The molecule has 4 nitrogen and oxygen atoms in total. The Bertz CT molecular complexity index is 725. The van der Waals surface area contributed by atoms with E-state index < -0.39 is 11.9 Å². The molecule has 0 aromatic rings. The van der Waals surface area contributed by atoms with Crippen LogP contribution < -0.4 is 0 Å². The Kier molecular flexibility index (Phi) is 65.5. The molecular weight excluding hydrogens is 802 g/mol. The fourth-order valence-corrected chi connectivity index (χ4v) is 8.83. The van der Waals surface area contributed by atoms with E-state index in [1.54, 1.807) is 0 Å². The van der Waals surface area contributed by atoms with Crippen LogP contribution >= 0.6 is 0 Å². The molecule has 0 aliphatic carbocycles. The normalized spacial score (nSPS) is 11.0. The molecule has 0 atom stereocenters. The van der Waals surface area contributed by atoms with Crippen LogP contribution in [0.25, 0.3) is 0 Å². The summed E-state index contributed by atoms with van der Waals surface area (Å²) in [5.41, 5.74) is 0. The number of carboxylic acids is 2. The van der Waals surface area contributed by atoms with Crippen LogP contribution in [0.1, 0.15) is 348 Å². The molecule has 5 heteroatoms. The molecule has 0 unspecified atom stereocenters. The average Bonchev–Trinajstić information content (AvgIpc) is 3.23. The van der Waals surface area contributed by atoms with Crippen molar-refractivity contribution in [1.82, 2.24) is 0 Å². The van der Waals surface area contributed by atoms with E-state index in [0.29, 0.717) is 12.8 Å². The zero-order valence-corrected chi connectivity index (χ0v) is 45.2. The average molecular weight is 915 g/mol. The van der Waals surface area contributed by atoms with E-state index in [1.807, 2.05) is 0 Å². The van der Waals surface area contributed by atoms with Gasteiger partial charge >= 0.3 is 11.9 Å². The summed E-state index contributed by atoms with van der Waals surface area (Å²) in [6.45, 7) is 4.59. The monoisotopic (exact) mass is 913 g/mol. The van der Waals surface area contributed by atoms with E-state index >= 15 is 0 Å². The Hall–Kier alpha value is -0.437. The molecule has 2 N–H and O–H groups in total. The van der Waals surface area contributed by atoms with Crippen LogP contribution in [0.2, 0.25) is 0 Å². The maximum absolute atomic E-state index is 10.4. The van der Waals surface area contributed by atoms with E-state index in [0.717, 1.165) is 25.7 Å². The molecule has 362 valence electrons. The van der Waals surface area contributed by atoms with Crippen molar-refractivity contribution in [2.24, 2.45) is 0 Å². The predicted octanol–water partition coefficient (Wildman–Crippen LogP) is 20.5. The van der Waals surface area contributed by atoms with Crippen LogP contribution in [0.5, 0.6) is 0 Å². The second-order valence-corrected chi connectivity index (χ2v) is 19.3. The van der Waals surface area contributed by atoms with Gasteiger partial charge in [-0.15, -0.1) is 0 Å². The molecule has 0 aromatic heterocycles. The first-order chi connectivity index (χ1) is 29.5. The van der Waals surface area contributed by atoms with E-state index in [4.69, 9.17) is 10.2 Å². The summed E-state index contributed by atoms with van der Waals surface area (Å²) in [6, 6.07) is 0. The fourth-order valence-electron chi connectivity index (χ4n) is 8.83. The van der Waals surface area contributed by atoms with Crippen LogP contribution in [-0.2, 0) is 29.1 Å². The molecular formula is C56H112O4Zn. The standard InChI is InChI=1S/2C28H56O2.Zn/c2*1-2-3-4-5-6-7-8-9-10-11-12-13-14-15-16-17-18-19-20-21-22-23-24-25-26-27-28(29)30;/h2*2-27H2,1H3,(H,29,30);. The summed E-state index contributed by atoms with van der Waals surface area (Å²) >= 11 is 0. The Morgan fingerprint density at radius 2 is 0.311 bits per heavy atom. The minimum Gasteiger partial charge on any atom is -0.481 e. The zero-order valence-electron chi connectivity index (χ0n) is 42.2. The fraction of sp³-hybridized carbons (Fsp3) is 0.964. The molecule has 0 rings (SSSR count). The topological polar surface area (TPSA) is 74.6 Å². The van der Waals surface area contributed by atoms with E-state index in [1.165, 1.54) is 295 Å². The molecule has 0 aliphatic rings. The van der Waals surface area contributed by atoms with Crippen molar-refractivity contribution in [3.63, 3.8) is 0 Å². The van der Waals surface area contributed by atoms with Gasteiger partial charge in [0.2, 0.25) is 0 Å². The van der Waals surface area contributed by atoms with Gasteiger partial charge in [-0.2, -0.15) is 0 Å². The summed E-state index contributed by atoms with van der Waals surface area (Å²) < 4.78 is 0. The number of unbranched alkanes of at least 4 members (excludes halogenated alkanes) is 48. The third-order valence-corrected chi connectivity index (χ3v) is 13.0. The van der Waals surface area contributed by atoms with Crippen molar-refractivity contribution >= 4 is 11.9 Å². The smallest absolute Gasteiger partial charge is 0.303 e. The van der Waals surface area contributed by atoms with Gasteiger partial charge in [-0.1, -0.05) is 322 Å². The van der Waals surface area contributed by atoms with Gasteiger partial charge in [0.1, 0.15) is 0 Å². The SMILES string of the molecule is CCCCCCCCCCCCCCCCCCCCCCCCCCCC(=O)O.CCCCCCCCCCCCCCCCCCCCCCCCCCCC(=O)O.[Zn]. The van der Waals surface area contributed by atoms with E-state index in [9.17, 15) is 9.59 Å². The first-order valence-corrected chi connectivity index (χ1v) is 28.0. The van der Waals surface area contributed by atoms with E-state index in [2.05, 4.69) is 13.8 Å². The summed E-state index contributed by atoms with van der Waals surface area (Å²) in [5.74, 6) is -1.30. The number of carbonyl (C=O) groups is 2. The van der Waals surface area contributed by atoms with Crippen molar-refractivity contribution in [3.8, 4) is 0 Å². The summed E-state index contributed by atoms with van der Waals surface area (Å²) in [6.07, 6.45) is 70.0. The molecule has 0 aromatic carbocycles. The Balaban J connectivity index is -0.00000109. The van der Waals surface area contributed by atoms with Crippen LogP contribution in [0.3, 0.4) is 0 Å². The second kappa shape index (κ2) is 61.7. The zero-order chi connectivity index (χ0) is 43.9. The van der Waals surface area contributed by atoms with Gasteiger partial charge in [-0.3, -0.25) is 9.59 Å². The summed E-state index contributed by atoms with van der Waals surface area (Å²) in [4.78, 5) is 20.9. The van der Waals surface area contributed by atoms with Crippen LogP contribution in [0.4, 0.5) is 0 Å². The second-order valence-electron chi connectivity index (χ2n) is 19.3. The first-order valence-electron chi connectivity index (χ1n) is 28.0. The van der Waals surface area contributed by atoms with Crippen molar-refractivity contribution < 1.29 is 39.3 Å². The molecule has 0 saturated heterocycles. The van der Waals surface area contributed by atoms with Crippen molar-refractivity contribution in [1.29, 1.82) is 0 Å². The molecule has 0 radical (unpaired) electrons. The molecule has 0 bridgehead atoms. The van der Waals surface area contributed by atoms with Crippen molar-refractivity contribution in [2.45, 2.75) is 348 Å². The largest absolute Gasteiger partial charge is 0.481 e. The van der Waals surface area contributed by atoms with Gasteiger partial charge in [0.25, 0.3) is 0 Å². The van der Waals surface area contributed by atoms with Crippen molar-refractivity contribution in [3.05, 3.63) is 0 Å². The van der Waals surface area contributed by atoms with E-state index in [-0.39, 0.29) is 19.5 Å². The third-order valence-electron chi connectivity index (χ3n) is 13.0. The summed E-state index contributed by atoms with van der Waals surface area (Å²) in [5, 5.41) is 17.2. The third kappa shape index (κ3) is 68.8. The number of carboxylic acid groups (broad SMARTS) is 2. The number of hydrogen-bond acceptors (Lipinski definition) is 2. The van der Waals surface area contributed by atoms with Crippen LogP contribution in [0.15, 0.2) is 0 Å². The van der Waals surface area contributed by atoms with Gasteiger partial charge in [0, 0.05) is 32.3 Å². The minimum absolute atomic E-state index is 0. The maximum atomic E-state index is 10.4. The Morgan fingerprint density at radius 3 is 0.410 bits per heavy atom. The van der Waals surface area contributed by atoms with Crippen molar-refractivity contribution in [2.75, 3.05) is 0 Å². The maximum Gasteiger partial charge on any atom is 0.303 e. The molecule has 0 aliphatic heterocycles. The van der Waals surface area contributed by atoms with Gasteiger partial charge in [-0.05, 0) is 12.8 Å². The molecule has 0 heterocycles. The van der Waals surface area contributed by atoms with Crippen LogP contribution in [-0.4, -0.2) is 22.2 Å². The quantitative estimate of drug-likeness (QED) is 0.0471.